The zero-order valence-electron chi connectivity index (χ0n) is 13.6. The second-order valence-corrected chi connectivity index (χ2v) is 6.00. The fourth-order valence-electron chi connectivity index (χ4n) is 3.20. The summed E-state index contributed by atoms with van der Waals surface area (Å²) in [5, 5.41) is 8.74. The Morgan fingerprint density at radius 2 is 2.05 bits per heavy atom. The number of aryl methyl sites for hydroxylation is 4. The van der Waals surface area contributed by atoms with E-state index in [0.717, 1.165) is 36.7 Å². The monoisotopic (exact) mass is 302 g/mol. The molecule has 0 aromatic carbocycles. The number of piperidine rings is 1. The van der Waals surface area contributed by atoms with Crippen molar-refractivity contribution in [3.63, 3.8) is 0 Å². The largest absolute Gasteiger partial charge is 0.336 e. The third kappa shape index (κ3) is 2.63. The van der Waals surface area contributed by atoms with Gasteiger partial charge in [0.15, 0.2) is 0 Å². The van der Waals surface area contributed by atoms with E-state index in [1.807, 2.05) is 37.4 Å². The van der Waals surface area contributed by atoms with Crippen LogP contribution in [0, 0.1) is 20.8 Å². The van der Waals surface area contributed by atoms with Crippen molar-refractivity contribution in [1.82, 2.24) is 29.4 Å². The SMILES string of the molecule is Cc1nc(C)n([C@@H]2CCCN(C(=O)c3cn(C)nc3C)C2)n1. The van der Waals surface area contributed by atoms with E-state index in [0.29, 0.717) is 12.1 Å². The van der Waals surface area contributed by atoms with Crippen molar-refractivity contribution < 1.29 is 4.79 Å². The summed E-state index contributed by atoms with van der Waals surface area (Å²) in [4.78, 5) is 19.0. The highest BCUT2D eigenvalue weighted by Crippen LogP contribution is 2.23. The Morgan fingerprint density at radius 3 is 2.64 bits per heavy atom. The first-order valence-corrected chi connectivity index (χ1v) is 7.65. The summed E-state index contributed by atoms with van der Waals surface area (Å²) in [6.07, 6.45) is 3.81. The standard InChI is InChI=1S/C15H22N6O/c1-10-14(9-19(4)17-10)15(22)20-7-5-6-13(8-20)21-12(3)16-11(2)18-21/h9,13H,5-8H2,1-4H3/t13-/m1/s1. The van der Waals surface area contributed by atoms with E-state index in [9.17, 15) is 4.79 Å². The van der Waals surface area contributed by atoms with Crippen LogP contribution < -0.4 is 0 Å². The quantitative estimate of drug-likeness (QED) is 0.841. The van der Waals surface area contributed by atoms with Gasteiger partial charge in [-0.3, -0.25) is 9.48 Å². The van der Waals surface area contributed by atoms with Crippen LogP contribution in [0.1, 0.15) is 46.6 Å². The minimum atomic E-state index is 0.0600. The summed E-state index contributed by atoms with van der Waals surface area (Å²) < 4.78 is 3.65. The molecule has 7 nitrogen and oxygen atoms in total. The smallest absolute Gasteiger partial charge is 0.257 e. The number of hydrogen-bond acceptors (Lipinski definition) is 4. The summed E-state index contributed by atoms with van der Waals surface area (Å²) in [5.74, 6) is 1.75. The number of amides is 1. The Hall–Kier alpha value is -2.18. The van der Waals surface area contributed by atoms with Gasteiger partial charge < -0.3 is 4.90 Å². The Kier molecular flexibility index (Phi) is 3.72. The maximum Gasteiger partial charge on any atom is 0.257 e. The highest BCUT2D eigenvalue weighted by Gasteiger charge is 2.28. The van der Waals surface area contributed by atoms with Crippen molar-refractivity contribution in [3.05, 3.63) is 29.1 Å². The van der Waals surface area contributed by atoms with Crippen molar-refractivity contribution in [1.29, 1.82) is 0 Å². The molecule has 2 aromatic rings. The van der Waals surface area contributed by atoms with E-state index < -0.39 is 0 Å². The molecule has 0 N–H and O–H groups in total. The molecule has 3 rings (SSSR count). The first-order chi connectivity index (χ1) is 10.5. The molecule has 0 radical (unpaired) electrons. The molecule has 7 heteroatoms. The van der Waals surface area contributed by atoms with Gasteiger partial charge in [0.25, 0.3) is 5.91 Å². The van der Waals surface area contributed by atoms with E-state index in [1.54, 1.807) is 10.9 Å². The first-order valence-electron chi connectivity index (χ1n) is 7.65. The highest BCUT2D eigenvalue weighted by atomic mass is 16.2. The number of rotatable bonds is 2. The molecule has 1 aliphatic rings. The molecule has 1 fully saturated rings. The molecule has 0 spiro atoms. The molecule has 0 unspecified atom stereocenters. The number of aromatic nitrogens is 5. The highest BCUT2D eigenvalue weighted by molar-refractivity contribution is 5.95. The lowest BCUT2D eigenvalue weighted by molar-refractivity contribution is 0.0670. The lowest BCUT2D eigenvalue weighted by Crippen LogP contribution is -2.41. The van der Waals surface area contributed by atoms with Crippen LogP contribution in [0.5, 0.6) is 0 Å². The molecule has 0 bridgehead atoms. The summed E-state index contributed by atoms with van der Waals surface area (Å²) in [5.41, 5.74) is 1.47. The Morgan fingerprint density at radius 1 is 1.27 bits per heavy atom. The van der Waals surface area contributed by atoms with Gasteiger partial charge in [-0.15, -0.1) is 0 Å². The molecule has 22 heavy (non-hydrogen) atoms. The zero-order chi connectivity index (χ0) is 15.9. The lowest BCUT2D eigenvalue weighted by atomic mass is 10.0. The fraction of sp³-hybridized carbons (Fsp3) is 0.600. The average Bonchev–Trinajstić information content (AvgIpc) is 2.99. The van der Waals surface area contributed by atoms with Crippen LogP contribution in [0.4, 0.5) is 0 Å². The number of hydrogen-bond donors (Lipinski definition) is 0. The summed E-state index contributed by atoms with van der Waals surface area (Å²) >= 11 is 0. The molecular formula is C15H22N6O. The van der Waals surface area contributed by atoms with Crippen LogP contribution in [0.3, 0.4) is 0 Å². The predicted octanol–water partition coefficient (Wildman–Crippen LogP) is 1.41. The van der Waals surface area contributed by atoms with Gasteiger partial charge in [-0.25, -0.2) is 9.67 Å². The van der Waals surface area contributed by atoms with E-state index in [-0.39, 0.29) is 11.9 Å². The normalized spacial score (nSPS) is 18.7. The van der Waals surface area contributed by atoms with Crippen molar-refractivity contribution >= 4 is 5.91 Å². The van der Waals surface area contributed by atoms with Crippen LogP contribution in [-0.4, -0.2) is 48.4 Å². The molecular weight excluding hydrogens is 280 g/mol. The number of carbonyl (C=O) groups excluding carboxylic acids is 1. The van der Waals surface area contributed by atoms with E-state index in [1.165, 1.54) is 0 Å². The summed E-state index contributed by atoms with van der Waals surface area (Å²) in [7, 11) is 1.84. The maximum absolute atomic E-state index is 12.7. The van der Waals surface area contributed by atoms with Gasteiger partial charge in [-0.1, -0.05) is 0 Å². The first kappa shape index (κ1) is 14.7. The molecule has 2 aromatic heterocycles. The fourth-order valence-corrected chi connectivity index (χ4v) is 3.20. The van der Waals surface area contributed by atoms with Crippen molar-refractivity contribution in [2.24, 2.45) is 7.05 Å². The van der Waals surface area contributed by atoms with Crippen LogP contribution >= 0.6 is 0 Å². The summed E-state index contributed by atoms with van der Waals surface area (Å²) in [6, 6.07) is 0.205. The third-order valence-corrected chi connectivity index (χ3v) is 4.18. The van der Waals surface area contributed by atoms with Crippen molar-refractivity contribution in [3.8, 4) is 0 Å². The van der Waals surface area contributed by atoms with Crippen molar-refractivity contribution in [2.45, 2.75) is 39.7 Å². The molecule has 1 saturated heterocycles. The van der Waals surface area contributed by atoms with Gasteiger partial charge in [-0.2, -0.15) is 10.2 Å². The summed E-state index contributed by atoms with van der Waals surface area (Å²) in [6.45, 7) is 7.20. The number of carbonyl (C=O) groups is 1. The van der Waals surface area contributed by atoms with E-state index in [2.05, 4.69) is 15.2 Å². The predicted molar refractivity (Wildman–Crippen MR) is 81.6 cm³/mol. The minimum absolute atomic E-state index is 0.0600. The molecule has 0 saturated carbocycles. The number of nitrogens with zero attached hydrogens (tertiary/aromatic N) is 6. The van der Waals surface area contributed by atoms with Gasteiger partial charge in [0, 0.05) is 26.3 Å². The van der Waals surface area contributed by atoms with Gasteiger partial charge in [0.2, 0.25) is 0 Å². The topological polar surface area (TPSA) is 68.8 Å². The van der Waals surface area contributed by atoms with Gasteiger partial charge in [0.05, 0.1) is 17.3 Å². The van der Waals surface area contributed by atoms with Crippen LogP contribution in [0.25, 0.3) is 0 Å². The molecule has 1 atom stereocenters. The minimum Gasteiger partial charge on any atom is -0.336 e. The Bertz CT molecular complexity index is 701. The van der Waals surface area contributed by atoms with Gasteiger partial charge in [0.1, 0.15) is 11.6 Å². The Labute approximate surface area is 129 Å². The van der Waals surface area contributed by atoms with Crippen LogP contribution in [0.15, 0.2) is 6.20 Å². The van der Waals surface area contributed by atoms with Gasteiger partial charge >= 0.3 is 0 Å². The average molecular weight is 302 g/mol. The van der Waals surface area contributed by atoms with E-state index >= 15 is 0 Å². The van der Waals surface area contributed by atoms with Crippen molar-refractivity contribution in [2.75, 3.05) is 13.1 Å². The molecule has 0 aliphatic carbocycles. The molecule has 1 aliphatic heterocycles. The maximum atomic E-state index is 12.7. The number of likely N-dealkylation sites (tertiary alicyclic amines) is 1. The van der Waals surface area contributed by atoms with E-state index in [4.69, 9.17) is 0 Å². The molecule has 1 amide bonds. The molecule has 3 heterocycles. The van der Waals surface area contributed by atoms with Crippen LogP contribution in [-0.2, 0) is 7.05 Å². The molecule has 118 valence electrons. The Balaban J connectivity index is 1.80. The second kappa shape index (κ2) is 5.55. The van der Waals surface area contributed by atoms with Crippen LogP contribution in [0.2, 0.25) is 0 Å². The third-order valence-electron chi connectivity index (χ3n) is 4.18. The second-order valence-electron chi connectivity index (χ2n) is 6.00. The lowest BCUT2D eigenvalue weighted by Gasteiger charge is -2.33. The zero-order valence-corrected chi connectivity index (χ0v) is 13.6. The van der Waals surface area contributed by atoms with Gasteiger partial charge in [-0.05, 0) is 33.6 Å².